The number of hydrogen-bond donors (Lipinski definition) is 1. The quantitative estimate of drug-likeness (QED) is 0.540. The van der Waals surface area contributed by atoms with Gasteiger partial charge in [-0.05, 0) is 17.7 Å². The molecule has 0 aliphatic heterocycles. The minimum atomic E-state index is -0.430. The van der Waals surface area contributed by atoms with Gasteiger partial charge < -0.3 is 4.74 Å². The molecule has 0 heterocycles. The van der Waals surface area contributed by atoms with Gasteiger partial charge in [-0.3, -0.25) is 4.79 Å². The molecule has 0 unspecified atom stereocenters. The van der Waals surface area contributed by atoms with E-state index in [1.54, 1.807) is 24.3 Å². The fraction of sp³-hybridized carbons (Fsp3) is 0.0476. The summed E-state index contributed by atoms with van der Waals surface area (Å²) in [5.41, 5.74) is 4.52. The Morgan fingerprint density at radius 2 is 1.65 bits per heavy atom. The number of hydrogen-bond acceptors (Lipinski definition) is 3. The lowest BCUT2D eigenvalue weighted by atomic mass is 10.1. The van der Waals surface area contributed by atoms with Gasteiger partial charge in [0, 0.05) is 11.1 Å². The highest BCUT2D eigenvalue weighted by Gasteiger charge is 2.07. The van der Waals surface area contributed by atoms with Crippen molar-refractivity contribution >= 4 is 12.1 Å². The number of nitrogens with one attached hydrogen (secondary N) is 1. The molecule has 3 aromatic rings. The number of ether oxygens (including phenoxy) is 1. The highest BCUT2D eigenvalue weighted by atomic mass is 19.1. The van der Waals surface area contributed by atoms with Gasteiger partial charge in [-0.2, -0.15) is 5.10 Å². The number of benzene rings is 3. The number of carbonyl (C=O) groups excluding carboxylic acids is 1. The van der Waals surface area contributed by atoms with Gasteiger partial charge >= 0.3 is 0 Å². The van der Waals surface area contributed by atoms with Gasteiger partial charge in [0.25, 0.3) is 5.91 Å². The first-order valence-electron chi connectivity index (χ1n) is 8.08. The van der Waals surface area contributed by atoms with Crippen LogP contribution in [0.5, 0.6) is 5.75 Å². The summed E-state index contributed by atoms with van der Waals surface area (Å²) in [7, 11) is 0. The Morgan fingerprint density at radius 3 is 2.46 bits per heavy atom. The summed E-state index contributed by atoms with van der Waals surface area (Å²) in [5, 5.41) is 3.75. The van der Waals surface area contributed by atoms with Crippen molar-refractivity contribution in [2.24, 2.45) is 5.10 Å². The lowest BCUT2D eigenvalue weighted by molar-refractivity contribution is -0.123. The van der Waals surface area contributed by atoms with E-state index in [4.69, 9.17) is 4.74 Å². The molecule has 0 aliphatic rings. The Labute approximate surface area is 150 Å². The number of amides is 1. The molecule has 0 spiro atoms. The molecule has 0 aromatic heterocycles. The minimum Gasteiger partial charge on any atom is -0.483 e. The number of carbonyl (C=O) groups is 1. The molecule has 5 heteroatoms. The molecule has 0 saturated heterocycles. The van der Waals surface area contributed by atoms with Crippen LogP contribution in [-0.4, -0.2) is 18.7 Å². The van der Waals surface area contributed by atoms with E-state index < -0.39 is 11.7 Å². The fourth-order valence-corrected chi connectivity index (χ4v) is 2.38. The molecule has 0 fully saturated rings. The molecule has 0 saturated carbocycles. The number of para-hydroxylation sites is 1. The van der Waals surface area contributed by atoms with Crippen molar-refractivity contribution in [3.8, 4) is 16.9 Å². The summed E-state index contributed by atoms with van der Waals surface area (Å²) in [5.74, 6) is -0.231. The Bertz CT molecular complexity index is 911. The first-order valence-corrected chi connectivity index (χ1v) is 8.08. The van der Waals surface area contributed by atoms with Gasteiger partial charge in [-0.15, -0.1) is 0 Å². The van der Waals surface area contributed by atoms with E-state index in [0.29, 0.717) is 11.3 Å². The maximum atomic E-state index is 13.5. The van der Waals surface area contributed by atoms with E-state index in [1.807, 2.05) is 48.5 Å². The van der Waals surface area contributed by atoms with Gasteiger partial charge in [0.1, 0.15) is 11.6 Å². The first kappa shape index (κ1) is 17.4. The van der Waals surface area contributed by atoms with Crippen molar-refractivity contribution in [1.82, 2.24) is 5.43 Å². The van der Waals surface area contributed by atoms with Crippen LogP contribution in [0.15, 0.2) is 84.0 Å². The van der Waals surface area contributed by atoms with Crippen LogP contribution in [0, 0.1) is 5.82 Å². The zero-order valence-electron chi connectivity index (χ0n) is 13.9. The molecule has 0 bridgehead atoms. The second-order valence-electron chi connectivity index (χ2n) is 5.47. The van der Waals surface area contributed by atoms with Gasteiger partial charge in [-0.1, -0.05) is 66.7 Å². The number of hydrazone groups is 1. The molecule has 1 amide bonds. The van der Waals surface area contributed by atoms with Crippen molar-refractivity contribution < 1.29 is 13.9 Å². The average molecular weight is 348 g/mol. The summed E-state index contributed by atoms with van der Waals surface area (Å²) in [6, 6.07) is 23.4. The zero-order valence-corrected chi connectivity index (χ0v) is 13.9. The maximum Gasteiger partial charge on any atom is 0.277 e. The minimum absolute atomic E-state index is 0.196. The van der Waals surface area contributed by atoms with E-state index in [0.717, 1.165) is 11.1 Å². The number of nitrogens with zero attached hydrogens (tertiary/aromatic N) is 1. The standard InChI is InChI=1S/C21H17FN2O2/c22-19-12-6-4-10-17(19)14-23-24-21(25)15-26-20-13-7-5-11-18(20)16-8-2-1-3-9-16/h1-14H,15H2,(H,24,25)/b23-14-. The summed E-state index contributed by atoms with van der Waals surface area (Å²) in [6.07, 6.45) is 1.26. The number of halogens is 1. The molecule has 0 aliphatic carbocycles. The monoisotopic (exact) mass is 348 g/mol. The molecule has 130 valence electrons. The van der Waals surface area contributed by atoms with E-state index in [2.05, 4.69) is 10.5 Å². The third-order valence-electron chi connectivity index (χ3n) is 3.63. The Kier molecular flexibility index (Phi) is 5.72. The van der Waals surface area contributed by atoms with Crippen LogP contribution in [0.4, 0.5) is 4.39 Å². The molecule has 26 heavy (non-hydrogen) atoms. The maximum absolute atomic E-state index is 13.5. The Morgan fingerprint density at radius 1 is 0.962 bits per heavy atom. The van der Waals surface area contributed by atoms with Gasteiger partial charge in [0.05, 0.1) is 6.21 Å². The summed E-state index contributed by atoms with van der Waals surface area (Å²) in [4.78, 5) is 11.9. The smallest absolute Gasteiger partial charge is 0.277 e. The van der Waals surface area contributed by atoms with Gasteiger partial charge in [0.15, 0.2) is 6.61 Å². The van der Waals surface area contributed by atoms with E-state index >= 15 is 0 Å². The second kappa shape index (κ2) is 8.58. The highest BCUT2D eigenvalue weighted by Crippen LogP contribution is 2.29. The Hall–Kier alpha value is -3.47. The molecule has 0 radical (unpaired) electrons. The SMILES string of the molecule is O=C(COc1ccccc1-c1ccccc1)N/N=C\c1ccccc1F. The van der Waals surface area contributed by atoms with Crippen LogP contribution in [0.1, 0.15) is 5.56 Å². The second-order valence-corrected chi connectivity index (χ2v) is 5.47. The molecule has 3 rings (SSSR count). The van der Waals surface area contributed by atoms with Crippen LogP contribution in [0.3, 0.4) is 0 Å². The van der Waals surface area contributed by atoms with Crippen molar-refractivity contribution in [2.45, 2.75) is 0 Å². The zero-order chi connectivity index (χ0) is 18.2. The fourth-order valence-electron chi connectivity index (χ4n) is 2.38. The molecule has 1 N–H and O–H groups in total. The third kappa shape index (κ3) is 4.54. The van der Waals surface area contributed by atoms with Gasteiger partial charge in [0.2, 0.25) is 0 Å². The van der Waals surface area contributed by atoms with Crippen molar-refractivity contribution in [2.75, 3.05) is 6.61 Å². The predicted molar refractivity (Wildman–Crippen MR) is 99.5 cm³/mol. The lowest BCUT2D eigenvalue weighted by Gasteiger charge is -2.10. The van der Waals surface area contributed by atoms with Crippen molar-refractivity contribution in [3.63, 3.8) is 0 Å². The number of rotatable bonds is 6. The molecular weight excluding hydrogens is 331 g/mol. The van der Waals surface area contributed by atoms with Crippen LogP contribution >= 0.6 is 0 Å². The van der Waals surface area contributed by atoms with Crippen LogP contribution in [-0.2, 0) is 4.79 Å². The van der Waals surface area contributed by atoms with Gasteiger partial charge in [-0.25, -0.2) is 9.82 Å². The molecule has 3 aromatic carbocycles. The van der Waals surface area contributed by atoms with Crippen LogP contribution in [0.25, 0.3) is 11.1 Å². The molecule has 0 atom stereocenters. The topological polar surface area (TPSA) is 50.7 Å². The summed E-state index contributed by atoms with van der Waals surface area (Å²) < 4.78 is 19.1. The normalized spacial score (nSPS) is 10.7. The first-order chi connectivity index (χ1) is 12.7. The Balaban J connectivity index is 1.60. The van der Waals surface area contributed by atoms with E-state index in [9.17, 15) is 9.18 Å². The summed E-state index contributed by atoms with van der Waals surface area (Å²) in [6.45, 7) is -0.196. The largest absolute Gasteiger partial charge is 0.483 e. The average Bonchev–Trinajstić information content (AvgIpc) is 2.69. The van der Waals surface area contributed by atoms with E-state index in [1.165, 1.54) is 12.3 Å². The van der Waals surface area contributed by atoms with Crippen LogP contribution in [0.2, 0.25) is 0 Å². The summed E-state index contributed by atoms with van der Waals surface area (Å²) >= 11 is 0. The molecular formula is C21H17FN2O2. The lowest BCUT2D eigenvalue weighted by Crippen LogP contribution is -2.24. The predicted octanol–water partition coefficient (Wildman–Crippen LogP) is 4.02. The van der Waals surface area contributed by atoms with Crippen LogP contribution < -0.4 is 10.2 Å². The van der Waals surface area contributed by atoms with Crippen molar-refractivity contribution in [3.05, 3.63) is 90.2 Å². The molecule has 4 nitrogen and oxygen atoms in total. The van der Waals surface area contributed by atoms with E-state index in [-0.39, 0.29) is 6.61 Å². The highest BCUT2D eigenvalue weighted by molar-refractivity contribution is 5.83. The van der Waals surface area contributed by atoms with Crippen molar-refractivity contribution in [1.29, 1.82) is 0 Å². The third-order valence-corrected chi connectivity index (χ3v) is 3.63.